The van der Waals surface area contributed by atoms with Crippen molar-refractivity contribution in [3.05, 3.63) is 35.1 Å². The molecular formula is C14H20FN3. The number of hydrogen-bond donors (Lipinski definition) is 2. The maximum Gasteiger partial charge on any atom is 0.123 e. The predicted molar refractivity (Wildman–Crippen MR) is 71.1 cm³/mol. The van der Waals surface area contributed by atoms with Crippen molar-refractivity contribution < 1.29 is 4.39 Å². The highest BCUT2D eigenvalue weighted by Gasteiger charge is 2.19. The van der Waals surface area contributed by atoms with Gasteiger partial charge in [0.15, 0.2) is 0 Å². The van der Waals surface area contributed by atoms with Crippen molar-refractivity contribution in [2.45, 2.75) is 38.8 Å². The lowest BCUT2D eigenvalue weighted by Crippen LogP contribution is -2.37. The Balaban J connectivity index is 2.20. The van der Waals surface area contributed by atoms with Crippen LogP contribution in [0.1, 0.15) is 37.3 Å². The number of nitrogens with zero attached hydrogens (tertiary/aromatic N) is 1. The van der Waals surface area contributed by atoms with Crippen LogP contribution in [-0.4, -0.2) is 23.3 Å². The highest BCUT2D eigenvalue weighted by atomic mass is 19.1. The summed E-state index contributed by atoms with van der Waals surface area (Å²) < 4.78 is 13.2. The van der Waals surface area contributed by atoms with Crippen LogP contribution >= 0.6 is 0 Å². The maximum atomic E-state index is 13.2. The molecule has 1 aromatic carbocycles. The summed E-state index contributed by atoms with van der Waals surface area (Å²) in [6.07, 6.45) is 3.69. The zero-order chi connectivity index (χ0) is 13.1. The molecule has 0 aliphatic carbocycles. The number of rotatable bonds is 3. The van der Waals surface area contributed by atoms with Gasteiger partial charge in [0.1, 0.15) is 11.7 Å². The molecular weight excluding hydrogens is 229 g/mol. The monoisotopic (exact) mass is 249 g/mol. The van der Waals surface area contributed by atoms with Crippen LogP contribution in [0.2, 0.25) is 0 Å². The van der Waals surface area contributed by atoms with Crippen molar-refractivity contribution in [2.75, 3.05) is 6.54 Å². The first-order valence-electron chi connectivity index (χ1n) is 6.45. The average Bonchev–Trinajstić information content (AvgIpc) is 2.34. The average molecular weight is 249 g/mol. The van der Waals surface area contributed by atoms with E-state index in [1.165, 1.54) is 31.4 Å². The highest BCUT2D eigenvalue weighted by molar-refractivity contribution is 5.96. The van der Waals surface area contributed by atoms with Gasteiger partial charge in [0.05, 0.1) is 0 Å². The summed E-state index contributed by atoms with van der Waals surface area (Å²) in [6.45, 7) is 4.03. The molecule has 0 bridgehead atoms. The molecule has 3 N–H and O–H groups in total. The fourth-order valence-electron chi connectivity index (χ4n) is 2.55. The van der Waals surface area contributed by atoms with Gasteiger partial charge in [-0.1, -0.05) is 12.5 Å². The molecule has 98 valence electrons. The summed E-state index contributed by atoms with van der Waals surface area (Å²) in [5, 5.41) is 7.53. The molecule has 0 spiro atoms. The van der Waals surface area contributed by atoms with E-state index in [0.29, 0.717) is 11.6 Å². The van der Waals surface area contributed by atoms with E-state index in [1.54, 1.807) is 6.07 Å². The fraction of sp³-hybridized carbons (Fsp3) is 0.500. The van der Waals surface area contributed by atoms with Crippen LogP contribution in [0.5, 0.6) is 0 Å². The molecule has 1 saturated heterocycles. The standard InChI is InChI=1S/C14H20FN3/c1-10-4-2-3-7-18(10)9-11-5-6-12(15)8-13(11)14(16)17/h5-6,8,10H,2-4,7,9H2,1H3,(H3,16,17). The predicted octanol–water partition coefficient (Wildman–Crippen LogP) is 2.48. The van der Waals surface area contributed by atoms with Gasteiger partial charge in [-0.3, -0.25) is 10.3 Å². The van der Waals surface area contributed by atoms with Gasteiger partial charge in [0.2, 0.25) is 0 Å². The third kappa shape index (κ3) is 2.88. The first-order chi connectivity index (χ1) is 8.58. The number of nitrogens with one attached hydrogen (secondary N) is 1. The van der Waals surface area contributed by atoms with Gasteiger partial charge in [0, 0.05) is 18.2 Å². The lowest BCUT2D eigenvalue weighted by molar-refractivity contribution is 0.152. The Morgan fingerprint density at radius 3 is 2.94 bits per heavy atom. The summed E-state index contributed by atoms with van der Waals surface area (Å²) in [4.78, 5) is 2.38. The number of hydrogen-bond acceptors (Lipinski definition) is 2. The number of amidine groups is 1. The van der Waals surface area contributed by atoms with Crippen molar-refractivity contribution in [1.82, 2.24) is 4.90 Å². The van der Waals surface area contributed by atoms with Crippen molar-refractivity contribution in [3.63, 3.8) is 0 Å². The van der Waals surface area contributed by atoms with Gasteiger partial charge < -0.3 is 5.73 Å². The van der Waals surface area contributed by atoms with Crippen LogP contribution in [0, 0.1) is 11.2 Å². The largest absolute Gasteiger partial charge is 0.384 e. The summed E-state index contributed by atoms with van der Waals surface area (Å²) in [7, 11) is 0. The number of piperidine rings is 1. The lowest BCUT2D eigenvalue weighted by Gasteiger charge is -2.33. The van der Waals surface area contributed by atoms with E-state index in [9.17, 15) is 4.39 Å². The van der Waals surface area contributed by atoms with Crippen molar-refractivity contribution >= 4 is 5.84 Å². The first kappa shape index (κ1) is 13.0. The van der Waals surface area contributed by atoms with E-state index in [4.69, 9.17) is 11.1 Å². The summed E-state index contributed by atoms with van der Waals surface area (Å²) in [5.74, 6) is -0.398. The molecule has 0 amide bonds. The Bertz CT molecular complexity index is 445. The number of likely N-dealkylation sites (tertiary alicyclic amines) is 1. The minimum atomic E-state index is -0.337. The Kier molecular flexibility index (Phi) is 3.97. The fourth-order valence-corrected chi connectivity index (χ4v) is 2.55. The van der Waals surface area contributed by atoms with Crippen LogP contribution in [0.25, 0.3) is 0 Å². The van der Waals surface area contributed by atoms with Gasteiger partial charge in [-0.05, 0) is 44.0 Å². The van der Waals surface area contributed by atoms with Gasteiger partial charge >= 0.3 is 0 Å². The molecule has 4 heteroatoms. The summed E-state index contributed by atoms with van der Waals surface area (Å²) in [6, 6.07) is 5.08. The summed E-state index contributed by atoms with van der Waals surface area (Å²) in [5.41, 5.74) is 6.98. The van der Waals surface area contributed by atoms with E-state index < -0.39 is 0 Å². The lowest BCUT2D eigenvalue weighted by atomic mass is 10.0. The second kappa shape index (κ2) is 5.48. The van der Waals surface area contributed by atoms with Crippen LogP contribution in [0.15, 0.2) is 18.2 Å². The third-order valence-corrected chi connectivity index (χ3v) is 3.68. The summed E-state index contributed by atoms with van der Waals surface area (Å²) >= 11 is 0. The third-order valence-electron chi connectivity index (χ3n) is 3.68. The Morgan fingerprint density at radius 2 is 2.28 bits per heavy atom. The van der Waals surface area contributed by atoms with Crippen LogP contribution in [0.4, 0.5) is 4.39 Å². The van der Waals surface area contributed by atoms with Gasteiger partial charge in [-0.15, -0.1) is 0 Å². The molecule has 3 nitrogen and oxygen atoms in total. The highest BCUT2D eigenvalue weighted by Crippen LogP contribution is 2.21. The molecule has 1 aliphatic heterocycles. The molecule has 1 unspecified atom stereocenters. The minimum absolute atomic E-state index is 0.0610. The van der Waals surface area contributed by atoms with Crippen molar-refractivity contribution in [2.24, 2.45) is 5.73 Å². The molecule has 1 atom stereocenters. The van der Waals surface area contributed by atoms with Crippen LogP contribution in [-0.2, 0) is 6.54 Å². The van der Waals surface area contributed by atoms with Gasteiger partial charge in [0.25, 0.3) is 0 Å². The molecule has 2 rings (SSSR count). The molecule has 1 aromatic rings. The maximum absolute atomic E-state index is 13.2. The molecule has 1 heterocycles. The van der Waals surface area contributed by atoms with Crippen molar-refractivity contribution in [1.29, 1.82) is 5.41 Å². The number of nitrogen functional groups attached to an aromatic ring is 1. The van der Waals surface area contributed by atoms with Gasteiger partial charge in [-0.25, -0.2) is 4.39 Å². The van der Waals surface area contributed by atoms with E-state index in [0.717, 1.165) is 18.7 Å². The molecule has 0 aromatic heterocycles. The van der Waals surface area contributed by atoms with E-state index in [2.05, 4.69) is 11.8 Å². The van der Waals surface area contributed by atoms with Crippen LogP contribution in [0.3, 0.4) is 0 Å². The number of halogens is 1. The quantitative estimate of drug-likeness (QED) is 0.638. The van der Waals surface area contributed by atoms with E-state index in [1.807, 2.05) is 0 Å². The molecule has 0 radical (unpaired) electrons. The number of nitrogens with two attached hydrogens (primary N) is 1. The molecule has 1 aliphatic rings. The Labute approximate surface area is 107 Å². The molecule has 0 saturated carbocycles. The zero-order valence-electron chi connectivity index (χ0n) is 10.7. The van der Waals surface area contributed by atoms with Crippen LogP contribution < -0.4 is 5.73 Å². The normalized spacial score (nSPS) is 20.9. The topological polar surface area (TPSA) is 53.1 Å². The molecule has 18 heavy (non-hydrogen) atoms. The second-order valence-corrected chi connectivity index (χ2v) is 5.03. The number of benzene rings is 1. The smallest absolute Gasteiger partial charge is 0.123 e. The van der Waals surface area contributed by atoms with Crippen molar-refractivity contribution in [3.8, 4) is 0 Å². The Morgan fingerprint density at radius 1 is 1.50 bits per heavy atom. The minimum Gasteiger partial charge on any atom is -0.384 e. The first-order valence-corrected chi connectivity index (χ1v) is 6.45. The second-order valence-electron chi connectivity index (χ2n) is 5.03. The SMILES string of the molecule is CC1CCCCN1Cc1ccc(F)cc1C(=N)N. The van der Waals surface area contributed by atoms with E-state index >= 15 is 0 Å². The Hall–Kier alpha value is -1.42. The van der Waals surface area contributed by atoms with E-state index in [-0.39, 0.29) is 11.7 Å². The zero-order valence-corrected chi connectivity index (χ0v) is 10.7. The molecule has 1 fully saturated rings. The van der Waals surface area contributed by atoms with Gasteiger partial charge in [-0.2, -0.15) is 0 Å².